The predicted octanol–water partition coefficient (Wildman–Crippen LogP) is 4.01. The monoisotopic (exact) mass is 273 g/mol. The SMILES string of the molecule is CC(C)(C)c1ccc(OCCCN2CC=CCC2)cc1. The maximum atomic E-state index is 5.82. The molecule has 2 rings (SSSR count). The topological polar surface area (TPSA) is 12.5 Å². The Bertz CT molecular complexity index is 428. The molecule has 1 aliphatic rings. The van der Waals surface area contributed by atoms with Gasteiger partial charge in [-0.3, -0.25) is 4.90 Å². The van der Waals surface area contributed by atoms with E-state index in [0.717, 1.165) is 31.9 Å². The minimum absolute atomic E-state index is 0.209. The lowest BCUT2D eigenvalue weighted by Gasteiger charge is -2.22. The van der Waals surface area contributed by atoms with Crippen LogP contribution in [0.15, 0.2) is 36.4 Å². The van der Waals surface area contributed by atoms with Crippen LogP contribution in [0.25, 0.3) is 0 Å². The summed E-state index contributed by atoms with van der Waals surface area (Å²) in [6.45, 7) is 10.9. The zero-order valence-electron chi connectivity index (χ0n) is 13.1. The summed E-state index contributed by atoms with van der Waals surface area (Å²) in [5.41, 5.74) is 1.56. The summed E-state index contributed by atoms with van der Waals surface area (Å²) < 4.78 is 5.82. The van der Waals surface area contributed by atoms with Crippen LogP contribution in [0, 0.1) is 0 Å². The van der Waals surface area contributed by atoms with Gasteiger partial charge in [0.25, 0.3) is 0 Å². The first-order valence-electron chi connectivity index (χ1n) is 7.66. The number of benzene rings is 1. The molecule has 110 valence electrons. The smallest absolute Gasteiger partial charge is 0.119 e. The Morgan fingerprint density at radius 1 is 1.10 bits per heavy atom. The number of nitrogens with zero attached hydrogens (tertiary/aromatic N) is 1. The Morgan fingerprint density at radius 3 is 2.45 bits per heavy atom. The molecule has 0 radical (unpaired) electrons. The minimum Gasteiger partial charge on any atom is -0.494 e. The molecular formula is C18H27NO. The van der Waals surface area contributed by atoms with Crippen LogP contribution in [-0.2, 0) is 5.41 Å². The van der Waals surface area contributed by atoms with Crippen molar-refractivity contribution in [2.24, 2.45) is 0 Å². The molecule has 1 aromatic rings. The van der Waals surface area contributed by atoms with E-state index in [1.54, 1.807) is 0 Å². The predicted molar refractivity (Wildman–Crippen MR) is 85.5 cm³/mol. The van der Waals surface area contributed by atoms with Crippen molar-refractivity contribution < 1.29 is 4.74 Å². The second-order valence-electron chi connectivity index (χ2n) is 6.54. The third kappa shape index (κ3) is 4.68. The van der Waals surface area contributed by atoms with Crippen LogP contribution in [0.3, 0.4) is 0 Å². The fourth-order valence-electron chi connectivity index (χ4n) is 2.42. The summed E-state index contributed by atoms with van der Waals surface area (Å²) in [6, 6.07) is 8.52. The fourth-order valence-corrected chi connectivity index (χ4v) is 2.42. The first-order valence-corrected chi connectivity index (χ1v) is 7.66. The van der Waals surface area contributed by atoms with Crippen molar-refractivity contribution in [2.75, 3.05) is 26.2 Å². The van der Waals surface area contributed by atoms with Crippen molar-refractivity contribution in [1.82, 2.24) is 4.90 Å². The van der Waals surface area contributed by atoms with Gasteiger partial charge in [0.2, 0.25) is 0 Å². The summed E-state index contributed by atoms with van der Waals surface area (Å²) in [5.74, 6) is 0.983. The zero-order valence-corrected chi connectivity index (χ0v) is 13.1. The standard InChI is InChI=1S/C18H27NO/c1-18(2,3)16-8-10-17(11-9-16)20-15-7-14-19-12-5-4-6-13-19/h4-5,8-11H,6-7,12-15H2,1-3H3. The van der Waals surface area contributed by atoms with Gasteiger partial charge in [-0.25, -0.2) is 0 Å². The van der Waals surface area contributed by atoms with E-state index in [2.05, 4.69) is 62.1 Å². The summed E-state index contributed by atoms with van der Waals surface area (Å²) >= 11 is 0. The molecule has 2 heteroatoms. The van der Waals surface area contributed by atoms with E-state index in [1.807, 2.05) is 0 Å². The highest BCUT2D eigenvalue weighted by Gasteiger charge is 2.12. The molecule has 0 amide bonds. The molecule has 0 bridgehead atoms. The van der Waals surface area contributed by atoms with Gasteiger partial charge in [0.15, 0.2) is 0 Å². The Labute approximate surface area is 123 Å². The summed E-state index contributed by atoms with van der Waals surface area (Å²) in [6.07, 6.45) is 6.81. The lowest BCUT2D eigenvalue weighted by molar-refractivity contribution is 0.247. The second-order valence-corrected chi connectivity index (χ2v) is 6.54. The summed E-state index contributed by atoms with van der Waals surface area (Å²) in [7, 11) is 0. The third-order valence-electron chi connectivity index (χ3n) is 3.75. The number of rotatable bonds is 5. The summed E-state index contributed by atoms with van der Waals surface area (Å²) in [5, 5.41) is 0. The molecule has 0 aromatic heterocycles. The van der Waals surface area contributed by atoms with E-state index >= 15 is 0 Å². The summed E-state index contributed by atoms with van der Waals surface area (Å²) in [4.78, 5) is 2.48. The van der Waals surface area contributed by atoms with Gasteiger partial charge in [0.05, 0.1) is 6.61 Å². The van der Waals surface area contributed by atoms with E-state index in [9.17, 15) is 0 Å². The largest absolute Gasteiger partial charge is 0.494 e. The minimum atomic E-state index is 0.209. The molecule has 2 nitrogen and oxygen atoms in total. The maximum absolute atomic E-state index is 5.82. The normalized spacial score (nSPS) is 16.4. The number of hydrogen-bond acceptors (Lipinski definition) is 2. The van der Waals surface area contributed by atoms with E-state index in [4.69, 9.17) is 4.74 Å². The molecule has 0 fully saturated rings. The van der Waals surface area contributed by atoms with Gasteiger partial charge in [-0.2, -0.15) is 0 Å². The highest BCUT2D eigenvalue weighted by molar-refractivity contribution is 5.31. The van der Waals surface area contributed by atoms with Crippen molar-refractivity contribution in [3.63, 3.8) is 0 Å². The molecule has 0 N–H and O–H groups in total. The van der Waals surface area contributed by atoms with Crippen LogP contribution in [0.5, 0.6) is 5.75 Å². The fraction of sp³-hybridized carbons (Fsp3) is 0.556. The third-order valence-corrected chi connectivity index (χ3v) is 3.75. The first-order chi connectivity index (χ1) is 9.55. The first kappa shape index (κ1) is 15.1. The van der Waals surface area contributed by atoms with E-state index < -0.39 is 0 Å². The van der Waals surface area contributed by atoms with Crippen molar-refractivity contribution in [3.8, 4) is 5.75 Å². The molecule has 0 saturated heterocycles. The quantitative estimate of drug-likeness (QED) is 0.593. The molecule has 0 spiro atoms. The van der Waals surface area contributed by atoms with Gasteiger partial charge in [-0.05, 0) is 36.0 Å². The van der Waals surface area contributed by atoms with Gasteiger partial charge in [0, 0.05) is 19.6 Å². The van der Waals surface area contributed by atoms with Crippen LogP contribution in [-0.4, -0.2) is 31.1 Å². The molecule has 20 heavy (non-hydrogen) atoms. The molecule has 1 aliphatic heterocycles. The molecule has 1 aromatic carbocycles. The molecule has 0 saturated carbocycles. The lowest BCUT2D eigenvalue weighted by atomic mass is 9.87. The average Bonchev–Trinajstić information content (AvgIpc) is 2.44. The van der Waals surface area contributed by atoms with Crippen molar-refractivity contribution >= 4 is 0 Å². The number of ether oxygens (including phenoxy) is 1. The van der Waals surface area contributed by atoms with Gasteiger partial charge in [-0.15, -0.1) is 0 Å². The Balaban J connectivity index is 1.70. The maximum Gasteiger partial charge on any atom is 0.119 e. The van der Waals surface area contributed by atoms with Gasteiger partial charge >= 0.3 is 0 Å². The van der Waals surface area contributed by atoms with Crippen molar-refractivity contribution in [1.29, 1.82) is 0 Å². The molecule has 0 aliphatic carbocycles. The Kier molecular flexibility index (Phi) is 5.24. The van der Waals surface area contributed by atoms with Crippen LogP contribution in [0.4, 0.5) is 0 Å². The molecule has 0 unspecified atom stereocenters. The van der Waals surface area contributed by atoms with Gasteiger partial charge < -0.3 is 4.74 Å². The van der Waals surface area contributed by atoms with Crippen LogP contribution < -0.4 is 4.74 Å². The van der Waals surface area contributed by atoms with E-state index in [-0.39, 0.29) is 5.41 Å². The molecule has 1 heterocycles. The highest BCUT2D eigenvalue weighted by Crippen LogP contribution is 2.24. The average molecular weight is 273 g/mol. The second kappa shape index (κ2) is 6.94. The highest BCUT2D eigenvalue weighted by atomic mass is 16.5. The van der Waals surface area contributed by atoms with Crippen molar-refractivity contribution in [3.05, 3.63) is 42.0 Å². The van der Waals surface area contributed by atoms with Gasteiger partial charge in [-0.1, -0.05) is 45.1 Å². The van der Waals surface area contributed by atoms with Crippen molar-refractivity contribution in [2.45, 2.75) is 39.0 Å². The van der Waals surface area contributed by atoms with E-state index in [0.29, 0.717) is 0 Å². The zero-order chi connectivity index (χ0) is 14.4. The Hall–Kier alpha value is -1.28. The van der Waals surface area contributed by atoms with E-state index in [1.165, 1.54) is 18.5 Å². The van der Waals surface area contributed by atoms with Crippen LogP contribution >= 0.6 is 0 Å². The molecular weight excluding hydrogens is 246 g/mol. The lowest BCUT2D eigenvalue weighted by Crippen LogP contribution is -2.29. The number of hydrogen-bond donors (Lipinski definition) is 0. The Morgan fingerprint density at radius 2 is 1.85 bits per heavy atom. The van der Waals surface area contributed by atoms with Crippen LogP contribution in [0.2, 0.25) is 0 Å². The molecule has 0 atom stereocenters. The van der Waals surface area contributed by atoms with Gasteiger partial charge in [0.1, 0.15) is 5.75 Å². The van der Waals surface area contributed by atoms with Crippen LogP contribution in [0.1, 0.15) is 39.2 Å².